The highest BCUT2D eigenvalue weighted by molar-refractivity contribution is 9.10. The van der Waals surface area contributed by atoms with Crippen molar-refractivity contribution in [3.05, 3.63) is 86.3 Å². The predicted molar refractivity (Wildman–Crippen MR) is 137 cm³/mol. The normalized spacial score (nSPS) is 10.7. The minimum atomic E-state index is -0.885. The van der Waals surface area contributed by atoms with Crippen LogP contribution in [0.4, 0.5) is 5.69 Å². The molecule has 0 radical (unpaired) electrons. The average Bonchev–Trinajstić information content (AvgIpc) is 2.82. The van der Waals surface area contributed by atoms with E-state index in [1.807, 2.05) is 32.0 Å². The van der Waals surface area contributed by atoms with E-state index in [1.165, 1.54) is 6.21 Å². The lowest BCUT2D eigenvalue weighted by Gasteiger charge is -2.13. The van der Waals surface area contributed by atoms with Crippen LogP contribution in [0.5, 0.6) is 11.5 Å². The summed E-state index contributed by atoms with van der Waals surface area (Å²) in [6.45, 7) is 4.11. The zero-order valence-corrected chi connectivity index (χ0v) is 21.2. The summed E-state index contributed by atoms with van der Waals surface area (Å²) in [5.74, 6) is -0.358. The Bertz CT molecular complexity index is 1210. The number of rotatable bonds is 7. The molecule has 176 valence electrons. The minimum Gasteiger partial charge on any atom is -0.496 e. The number of halogens is 2. The van der Waals surface area contributed by atoms with Gasteiger partial charge in [-0.15, -0.1) is 0 Å². The Morgan fingerprint density at radius 1 is 1.03 bits per heavy atom. The Hall–Kier alpha value is -3.36. The summed E-state index contributed by atoms with van der Waals surface area (Å²) in [6.07, 6.45) is 1.43. The fraction of sp³-hybridized carbons (Fsp3) is 0.160. The molecule has 0 aromatic heterocycles. The molecule has 0 spiro atoms. The molecule has 0 aliphatic heterocycles. The van der Waals surface area contributed by atoms with E-state index in [4.69, 9.17) is 21.1 Å². The van der Waals surface area contributed by atoms with Gasteiger partial charge in [-0.05, 0) is 85.1 Å². The molecule has 0 bridgehead atoms. The molecular weight excluding hydrogens is 522 g/mol. The lowest BCUT2D eigenvalue weighted by atomic mass is 10.1. The second-order valence-electron chi connectivity index (χ2n) is 7.39. The van der Waals surface area contributed by atoms with E-state index in [9.17, 15) is 9.59 Å². The van der Waals surface area contributed by atoms with E-state index in [1.54, 1.807) is 43.5 Å². The molecule has 3 aromatic rings. The molecule has 9 heteroatoms. The molecule has 3 rings (SSSR count). The Morgan fingerprint density at radius 3 is 2.35 bits per heavy atom. The Morgan fingerprint density at radius 2 is 1.71 bits per heavy atom. The van der Waals surface area contributed by atoms with Crippen LogP contribution in [-0.4, -0.2) is 25.1 Å². The largest absolute Gasteiger partial charge is 0.496 e. The third kappa shape index (κ3) is 6.82. The van der Waals surface area contributed by atoms with Crippen molar-refractivity contribution in [2.24, 2.45) is 5.10 Å². The van der Waals surface area contributed by atoms with E-state index in [0.717, 1.165) is 26.2 Å². The van der Waals surface area contributed by atoms with Crippen LogP contribution < -0.4 is 20.2 Å². The number of hydrazone groups is 1. The van der Waals surface area contributed by atoms with Crippen LogP contribution in [0.15, 0.2) is 64.2 Å². The zero-order chi connectivity index (χ0) is 24.7. The molecular formula is C25H23BrClN3O4. The van der Waals surface area contributed by atoms with E-state index in [2.05, 4.69) is 31.8 Å². The Labute approximate surface area is 211 Å². The van der Waals surface area contributed by atoms with Gasteiger partial charge < -0.3 is 14.8 Å². The van der Waals surface area contributed by atoms with E-state index < -0.39 is 11.8 Å². The maximum absolute atomic E-state index is 12.0. The van der Waals surface area contributed by atoms with Crippen molar-refractivity contribution in [3.8, 4) is 11.5 Å². The number of carbonyl (C=O) groups excluding carboxylic acids is 2. The van der Waals surface area contributed by atoms with Crippen LogP contribution in [0.2, 0.25) is 5.02 Å². The van der Waals surface area contributed by atoms with Gasteiger partial charge in [-0.25, -0.2) is 5.43 Å². The van der Waals surface area contributed by atoms with Crippen molar-refractivity contribution in [2.75, 3.05) is 12.4 Å². The van der Waals surface area contributed by atoms with Crippen molar-refractivity contribution in [3.63, 3.8) is 0 Å². The number of amides is 2. The molecule has 7 nitrogen and oxygen atoms in total. The highest BCUT2D eigenvalue weighted by Crippen LogP contribution is 2.27. The summed E-state index contributed by atoms with van der Waals surface area (Å²) in [5.41, 5.74) is 6.07. The third-order valence-electron chi connectivity index (χ3n) is 4.80. The number of anilines is 1. The lowest BCUT2D eigenvalue weighted by Crippen LogP contribution is -2.32. The summed E-state index contributed by atoms with van der Waals surface area (Å²) in [5, 5.41) is 7.09. The Kier molecular flexibility index (Phi) is 8.67. The van der Waals surface area contributed by atoms with E-state index in [-0.39, 0.29) is 6.61 Å². The van der Waals surface area contributed by atoms with Crippen molar-refractivity contribution >= 4 is 51.2 Å². The SMILES string of the molecule is COc1ccc(/C=N/NC(=O)C(=O)Nc2ccc(Br)cc2)cc1COc1cc(C)c(Cl)c(C)c1. The van der Waals surface area contributed by atoms with Gasteiger partial charge in [0.15, 0.2) is 0 Å². The van der Waals surface area contributed by atoms with Crippen LogP contribution in [0.3, 0.4) is 0 Å². The standard InChI is InChI=1S/C25H23BrClN3O4/c1-15-10-21(11-16(2)23(15)27)34-14-18-12-17(4-9-22(18)33-3)13-28-30-25(32)24(31)29-20-7-5-19(26)6-8-20/h4-13H,14H2,1-3H3,(H,29,31)(H,30,32)/b28-13+. The minimum absolute atomic E-state index is 0.257. The first kappa shape index (κ1) is 25.3. The third-order valence-corrected chi connectivity index (χ3v) is 5.92. The molecule has 2 N–H and O–H groups in total. The number of benzene rings is 3. The van der Waals surface area contributed by atoms with Gasteiger partial charge in [-0.3, -0.25) is 9.59 Å². The molecule has 0 heterocycles. The summed E-state index contributed by atoms with van der Waals surface area (Å²) in [4.78, 5) is 24.0. The number of methoxy groups -OCH3 is 1. The van der Waals surface area contributed by atoms with Crippen molar-refractivity contribution < 1.29 is 19.1 Å². The molecule has 0 fully saturated rings. The first-order valence-corrected chi connectivity index (χ1v) is 11.4. The van der Waals surface area contributed by atoms with Crippen LogP contribution in [0, 0.1) is 13.8 Å². The number of aryl methyl sites for hydroxylation is 2. The van der Waals surface area contributed by atoms with Crippen molar-refractivity contribution in [1.82, 2.24) is 5.43 Å². The predicted octanol–water partition coefficient (Wildman–Crippen LogP) is 5.40. The van der Waals surface area contributed by atoms with E-state index >= 15 is 0 Å². The summed E-state index contributed by atoms with van der Waals surface area (Å²) in [6, 6.07) is 16.0. The fourth-order valence-electron chi connectivity index (χ4n) is 3.08. The average molecular weight is 545 g/mol. The van der Waals surface area contributed by atoms with Gasteiger partial charge >= 0.3 is 11.8 Å². The second-order valence-corrected chi connectivity index (χ2v) is 8.68. The molecule has 34 heavy (non-hydrogen) atoms. The number of ether oxygens (including phenoxy) is 2. The smallest absolute Gasteiger partial charge is 0.329 e. The number of carbonyl (C=O) groups is 2. The molecule has 0 saturated carbocycles. The molecule has 0 unspecified atom stereocenters. The van der Waals surface area contributed by atoms with Gasteiger partial charge in [-0.2, -0.15) is 5.10 Å². The first-order valence-electron chi connectivity index (χ1n) is 10.2. The van der Waals surface area contributed by atoms with Crippen LogP contribution >= 0.6 is 27.5 Å². The lowest BCUT2D eigenvalue weighted by molar-refractivity contribution is -0.136. The number of hydrogen-bond acceptors (Lipinski definition) is 5. The zero-order valence-electron chi connectivity index (χ0n) is 18.8. The summed E-state index contributed by atoms with van der Waals surface area (Å²) < 4.78 is 12.2. The summed E-state index contributed by atoms with van der Waals surface area (Å²) >= 11 is 9.53. The van der Waals surface area contributed by atoms with Gasteiger partial charge in [0.25, 0.3) is 0 Å². The molecule has 0 aliphatic carbocycles. The quantitative estimate of drug-likeness (QED) is 0.237. The van der Waals surface area contributed by atoms with Gasteiger partial charge in [0, 0.05) is 20.7 Å². The second kappa shape index (κ2) is 11.7. The molecule has 0 aliphatic rings. The van der Waals surface area contributed by atoms with Gasteiger partial charge in [0.1, 0.15) is 18.1 Å². The highest BCUT2D eigenvalue weighted by atomic mass is 79.9. The molecule has 3 aromatic carbocycles. The topological polar surface area (TPSA) is 89.0 Å². The van der Waals surface area contributed by atoms with Gasteiger partial charge in [-0.1, -0.05) is 27.5 Å². The number of nitrogens with zero attached hydrogens (tertiary/aromatic N) is 1. The Balaban J connectivity index is 1.62. The maximum Gasteiger partial charge on any atom is 0.329 e. The van der Waals surface area contributed by atoms with Crippen molar-refractivity contribution in [2.45, 2.75) is 20.5 Å². The maximum atomic E-state index is 12.0. The number of nitrogens with one attached hydrogen (secondary N) is 2. The molecule has 2 amide bonds. The van der Waals surface area contributed by atoms with Gasteiger partial charge in [0.05, 0.1) is 13.3 Å². The summed E-state index contributed by atoms with van der Waals surface area (Å²) in [7, 11) is 1.58. The van der Waals surface area contributed by atoms with Crippen molar-refractivity contribution in [1.29, 1.82) is 0 Å². The molecule has 0 saturated heterocycles. The van der Waals surface area contributed by atoms with Gasteiger partial charge in [0.2, 0.25) is 0 Å². The fourth-order valence-corrected chi connectivity index (χ4v) is 3.45. The van der Waals surface area contributed by atoms with Crippen LogP contribution in [0.1, 0.15) is 22.3 Å². The van der Waals surface area contributed by atoms with E-state index in [0.29, 0.717) is 22.7 Å². The van der Waals surface area contributed by atoms with Crippen LogP contribution in [-0.2, 0) is 16.2 Å². The highest BCUT2D eigenvalue weighted by Gasteiger charge is 2.13. The van der Waals surface area contributed by atoms with Crippen LogP contribution in [0.25, 0.3) is 0 Å². The number of hydrogen-bond donors (Lipinski definition) is 2. The first-order chi connectivity index (χ1) is 16.3. The molecule has 0 atom stereocenters. The monoisotopic (exact) mass is 543 g/mol.